The van der Waals surface area contributed by atoms with Gasteiger partial charge in [0.1, 0.15) is 6.29 Å². The molecule has 17 heavy (non-hydrogen) atoms. The van der Waals surface area contributed by atoms with Crippen molar-refractivity contribution in [1.82, 2.24) is 0 Å². The average molecular weight is 231 g/mol. The first-order valence-corrected chi connectivity index (χ1v) is 6.35. The molecule has 1 aromatic rings. The van der Waals surface area contributed by atoms with Gasteiger partial charge in [-0.25, -0.2) is 0 Å². The van der Waals surface area contributed by atoms with Crippen LogP contribution in [0.2, 0.25) is 0 Å². The van der Waals surface area contributed by atoms with E-state index in [4.69, 9.17) is 0 Å². The number of aldehydes is 1. The Kier molecular flexibility index (Phi) is 3.23. The Bertz CT molecular complexity index is 388. The molecular weight excluding hydrogens is 210 g/mol. The van der Waals surface area contributed by atoms with Gasteiger partial charge in [0.05, 0.1) is 6.04 Å². The second-order valence-corrected chi connectivity index (χ2v) is 5.84. The van der Waals surface area contributed by atoms with E-state index < -0.39 is 0 Å². The van der Waals surface area contributed by atoms with Crippen molar-refractivity contribution in [3.05, 3.63) is 29.8 Å². The van der Waals surface area contributed by atoms with Gasteiger partial charge in [0.2, 0.25) is 0 Å². The van der Waals surface area contributed by atoms with Crippen LogP contribution in [0.1, 0.15) is 39.2 Å². The molecule has 1 aliphatic heterocycles. The van der Waals surface area contributed by atoms with E-state index in [-0.39, 0.29) is 11.5 Å². The largest absolute Gasteiger partial charge is 0.362 e. The molecular formula is C15H21NO. The van der Waals surface area contributed by atoms with Crippen LogP contribution in [0.5, 0.6) is 0 Å². The van der Waals surface area contributed by atoms with E-state index in [9.17, 15) is 4.79 Å². The van der Waals surface area contributed by atoms with Crippen LogP contribution in [0, 0.1) is 0 Å². The predicted octanol–water partition coefficient (Wildman–Crippen LogP) is 3.15. The summed E-state index contributed by atoms with van der Waals surface area (Å²) in [7, 11) is 0. The molecule has 2 heteroatoms. The second kappa shape index (κ2) is 4.52. The maximum absolute atomic E-state index is 11.0. The van der Waals surface area contributed by atoms with Crippen LogP contribution in [0.3, 0.4) is 0 Å². The molecule has 0 bridgehead atoms. The topological polar surface area (TPSA) is 20.3 Å². The number of carbonyl (C=O) groups excluding carboxylic acids is 1. The molecule has 92 valence electrons. The van der Waals surface area contributed by atoms with E-state index >= 15 is 0 Å². The monoisotopic (exact) mass is 231 g/mol. The molecule has 1 aromatic carbocycles. The molecule has 1 saturated heterocycles. The summed E-state index contributed by atoms with van der Waals surface area (Å²) in [5.41, 5.74) is 2.70. The zero-order valence-corrected chi connectivity index (χ0v) is 10.9. The summed E-state index contributed by atoms with van der Waals surface area (Å²) >= 11 is 0. The molecule has 0 radical (unpaired) electrons. The van der Waals surface area contributed by atoms with Crippen LogP contribution in [0.25, 0.3) is 0 Å². The number of nitrogens with zero attached hydrogens (tertiary/aromatic N) is 1. The highest BCUT2D eigenvalue weighted by atomic mass is 16.1. The maximum Gasteiger partial charge on any atom is 0.142 e. The molecule has 1 atom stereocenters. The Labute approximate surface area is 104 Å². The quantitative estimate of drug-likeness (QED) is 0.729. The molecule has 0 amide bonds. The van der Waals surface area contributed by atoms with Gasteiger partial charge < -0.3 is 9.69 Å². The maximum atomic E-state index is 11.0. The van der Waals surface area contributed by atoms with Gasteiger partial charge in [-0.05, 0) is 36.0 Å². The summed E-state index contributed by atoms with van der Waals surface area (Å²) in [5, 5.41) is 0. The van der Waals surface area contributed by atoms with Crippen molar-refractivity contribution in [2.24, 2.45) is 0 Å². The number of hydrogen-bond acceptors (Lipinski definition) is 2. The van der Waals surface area contributed by atoms with Gasteiger partial charge in [-0.1, -0.05) is 32.9 Å². The van der Waals surface area contributed by atoms with Crippen molar-refractivity contribution in [3.63, 3.8) is 0 Å². The minimum atomic E-state index is 0.0792. The molecule has 1 fully saturated rings. The Morgan fingerprint density at radius 2 is 1.88 bits per heavy atom. The van der Waals surface area contributed by atoms with E-state index in [1.54, 1.807) is 0 Å². The van der Waals surface area contributed by atoms with Gasteiger partial charge in [-0.3, -0.25) is 0 Å². The summed E-state index contributed by atoms with van der Waals surface area (Å²) in [5.74, 6) is 0. The summed E-state index contributed by atoms with van der Waals surface area (Å²) < 4.78 is 0. The summed E-state index contributed by atoms with van der Waals surface area (Å²) in [6.07, 6.45) is 3.18. The average Bonchev–Trinajstić information content (AvgIpc) is 2.76. The van der Waals surface area contributed by atoms with Crippen LogP contribution in [0.4, 0.5) is 5.69 Å². The zero-order chi connectivity index (χ0) is 12.5. The smallest absolute Gasteiger partial charge is 0.142 e. The first kappa shape index (κ1) is 12.2. The molecule has 0 saturated carbocycles. The number of hydrogen-bond donors (Lipinski definition) is 0. The lowest BCUT2D eigenvalue weighted by Crippen LogP contribution is -2.30. The molecule has 0 aliphatic carbocycles. The summed E-state index contributed by atoms with van der Waals surface area (Å²) in [4.78, 5) is 13.2. The molecule has 0 spiro atoms. The lowest BCUT2D eigenvalue weighted by Gasteiger charge is -2.25. The van der Waals surface area contributed by atoms with E-state index in [0.29, 0.717) is 0 Å². The van der Waals surface area contributed by atoms with Crippen LogP contribution in [-0.2, 0) is 10.2 Å². The van der Waals surface area contributed by atoms with Crippen LogP contribution < -0.4 is 4.90 Å². The fraction of sp³-hybridized carbons (Fsp3) is 0.533. The van der Waals surface area contributed by atoms with Gasteiger partial charge in [0.25, 0.3) is 0 Å². The zero-order valence-electron chi connectivity index (χ0n) is 10.9. The van der Waals surface area contributed by atoms with E-state index in [1.165, 1.54) is 11.3 Å². The van der Waals surface area contributed by atoms with Gasteiger partial charge in [-0.2, -0.15) is 0 Å². The summed E-state index contributed by atoms with van der Waals surface area (Å²) in [6.45, 7) is 7.64. The molecule has 1 aliphatic rings. The van der Waals surface area contributed by atoms with Gasteiger partial charge >= 0.3 is 0 Å². The highest BCUT2D eigenvalue weighted by molar-refractivity contribution is 5.67. The Morgan fingerprint density at radius 1 is 1.24 bits per heavy atom. The Balaban J connectivity index is 2.21. The van der Waals surface area contributed by atoms with Crippen molar-refractivity contribution in [2.45, 2.75) is 45.1 Å². The van der Waals surface area contributed by atoms with Crippen molar-refractivity contribution in [2.75, 3.05) is 11.4 Å². The molecule has 1 heterocycles. The van der Waals surface area contributed by atoms with Crippen molar-refractivity contribution in [1.29, 1.82) is 0 Å². The molecule has 0 N–H and O–H groups in total. The van der Waals surface area contributed by atoms with E-state index in [1.807, 2.05) is 0 Å². The third-order valence-corrected chi connectivity index (χ3v) is 3.52. The fourth-order valence-corrected chi connectivity index (χ4v) is 2.41. The standard InChI is InChI=1S/C15H21NO/c1-15(2,3)12-6-8-13(9-7-12)16-10-4-5-14(16)11-17/h6-9,11,14H,4-5,10H2,1-3H3/t14-/m1/s1. The van der Waals surface area contributed by atoms with Crippen molar-refractivity contribution >= 4 is 12.0 Å². The van der Waals surface area contributed by atoms with Gasteiger partial charge in [-0.15, -0.1) is 0 Å². The molecule has 0 aromatic heterocycles. The van der Waals surface area contributed by atoms with E-state index in [0.717, 1.165) is 25.7 Å². The minimum Gasteiger partial charge on any atom is -0.362 e. The Morgan fingerprint density at radius 3 is 2.41 bits per heavy atom. The van der Waals surface area contributed by atoms with Gasteiger partial charge in [0, 0.05) is 12.2 Å². The first-order valence-electron chi connectivity index (χ1n) is 6.35. The fourth-order valence-electron chi connectivity index (χ4n) is 2.41. The molecule has 2 rings (SSSR count). The highest BCUT2D eigenvalue weighted by Gasteiger charge is 2.24. The number of carbonyl (C=O) groups is 1. The first-order chi connectivity index (χ1) is 8.02. The number of anilines is 1. The molecule has 0 unspecified atom stereocenters. The highest BCUT2D eigenvalue weighted by Crippen LogP contribution is 2.28. The van der Waals surface area contributed by atoms with Crippen LogP contribution in [0.15, 0.2) is 24.3 Å². The van der Waals surface area contributed by atoms with Crippen molar-refractivity contribution in [3.8, 4) is 0 Å². The summed E-state index contributed by atoms with van der Waals surface area (Å²) in [6, 6.07) is 8.71. The lowest BCUT2D eigenvalue weighted by atomic mass is 9.87. The SMILES string of the molecule is CC(C)(C)c1ccc(N2CCC[C@@H]2C=O)cc1. The van der Waals surface area contributed by atoms with Crippen LogP contribution in [-0.4, -0.2) is 18.9 Å². The third kappa shape index (κ3) is 2.51. The van der Waals surface area contributed by atoms with Crippen molar-refractivity contribution < 1.29 is 4.79 Å². The second-order valence-electron chi connectivity index (χ2n) is 5.84. The minimum absolute atomic E-state index is 0.0792. The van der Waals surface area contributed by atoms with Gasteiger partial charge in [0.15, 0.2) is 0 Å². The number of benzene rings is 1. The van der Waals surface area contributed by atoms with Crippen LogP contribution >= 0.6 is 0 Å². The Hall–Kier alpha value is -1.31. The van der Waals surface area contributed by atoms with E-state index in [2.05, 4.69) is 49.9 Å². The normalized spacial score (nSPS) is 20.6. The molecule has 2 nitrogen and oxygen atoms in total. The predicted molar refractivity (Wildman–Crippen MR) is 71.6 cm³/mol. The number of rotatable bonds is 2. The lowest BCUT2D eigenvalue weighted by molar-refractivity contribution is -0.108. The third-order valence-electron chi connectivity index (χ3n) is 3.52.